The molecule has 0 spiro atoms. The summed E-state index contributed by atoms with van der Waals surface area (Å²) in [6.45, 7) is 6.93. The number of hydrogen-bond donors (Lipinski definition) is 0. The van der Waals surface area contributed by atoms with Crippen LogP contribution in [-0.2, 0) is 14.3 Å². The molecule has 0 aromatic rings. The van der Waals surface area contributed by atoms with Crippen LogP contribution in [-0.4, -0.2) is 17.9 Å². The number of esters is 1. The molecule has 3 nitrogen and oxygen atoms in total. The Kier molecular flexibility index (Phi) is 5.24. The van der Waals surface area contributed by atoms with Gasteiger partial charge in [-0.1, -0.05) is 25.8 Å². The van der Waals surface area contributed by atoms with E-state index in [0.717, 1.165) is 50.4 Å². The molecule has 1 saturated heterocycles. The third-order valence-electron chi connectivity index (χ3n) is 8.56. The van der Waals surface area contributed by atoms with Gasteiger partial charge in [-0.3, -0.25) is 9.59 Å². The highest BCUT2D eigenvalue weighted by atomic mass is 16.5. The van der Waals surface area contributed by atoms with Crippen molar-refractivity contribution in [3.05, 3.63) is 11.6 Å². The molecule has 0 bridgehead atoms. The molecular weight excluding hydrogens is 336 g/mol. The highest BCUT2D eigenvalue weighted by Gasteiger charge is 2.53. The van der Waals surface area contributed by atoms with E-state index in [4.69, 9.17) is 4.74 Å². The van der Waals surface area contributed by atoms with E-state index in [1.165, 1.54) is 24.8 Å². The topological polar surface area (TPSA) is 43.4 Å². The molecule has 7 atom stereocenters. The van der Waals surface area contributed by atoms with Crippen LogP contribution in [0.2, 0.25) is 0 Å². The average molecular weight is 373 g/mol. The van der Waals surface area contributed by atoms with E-state index in [2.05, 4.69) is 20.8 Å². The smallest absolute Gasteiger partial charge is 0.306 e. The van der Waals surface area contributed by atoms with Crippen molar-refractivity contribution in [1.82, 2.24) is 0 Å². The molecule has 3 heteroatoms. The highest BCUT2D eigenvalue weighted by Crippen LogP contribution is 2.61. The van der Waals surface area contributed by atoms with Crippen molar-refractivity contribution < 1.29 is 14.3 Å². The lowest BCUT2D eigenvalue weighted by Crippen LogP contribution is -2.51. The van der Waals surface area contributed by atoms with Crippen molar-refractivity contribution in [3.8, 4) is 0 Å². The molecule has 150 valence electrons. The van der Waals surface area contributed by atoms with Crippen molar-refractivity contribution in [3.63, 3.8) is 0 Å². The Bertz CT molecular complexity index is 636. The summed E-state index contributed by atoms with van der Waals surface area (Å²) in [6.07, 6.45) is 12.5. The second-order valence-corrected chi connectivity index (χ2v) is 10.1. The maximum atomic E-state index is 12.1. The van der Waals surface area contributed by atoms with Gasteiger partial charge in [-0.05, 0) is 93.0 Å². The summed E-state index contributed by atoms with van der Waals surface area (Å²) in [5.41, 5.74) is 1.80. The van der Waals surface area contributed by atoms with Gasteiger partial charge in [0, 0.05) is 12.8 Å². The van der Waals surface area contributed by atoms with Crippen LogP contribution in [0.3, 0.4) is 0 Å². The first-order valence-corrected chi connectivity index (χ1v) is 11.3. The number of ketones is 1. The lowest BCUT2D eigenvalue weighted by Gasteiger charge is -2.58. The van der Waals surface area contributed by atoms with E-state index in [9.17, 15) is 9.59 Å². The SMILES string of the molecule is CCC1CC2=CC(=O)CCC2C2CCC3(C)CCCC(=O)OC(C)CC3C12. The quantitative estimate of drug-likeness (QED) is 0.573. The molecule has 1 heterocycles. The van der Waals surface area contributed by atoms with Gasteiger partial charge in [0.1, 0.15) is 0 Å². The molecule has 3 aliphatic carbocycles. The summed E-state index contributed by atoms with van der Waals surface area (Å²) >= 11 is 0. The first-order chi connectivity index (χ1) is 12.9. The molecule has 1 aliphatic heterocycles. The monoisotopic (exact) mass is 372 g/mol. The first kappa shape index (κ1) is 19.2. The van der Waals surface area contributed by atoms with Crippen molar-refractivity contribution in [2.45, 2.75) is 91.1 Å². The second-order valence-electron chi connectivity index (χ2n) is 10.1. The fraction of sp³-hybridized carbons (Fsp3) is 0.833. The normalized spacial score (nSPS) is 45.2. The largest absolute Gasteiger partial charge is 0.463 e. The van der Waals surface area contributed by atoms with Crippen LogP contribution in [0.1, 0.15) is 85.0 Å². The van der Waals surface area contributed by atoms with Crippen LogP contribution >= 0.6 is 0 Å². The van der Waals surface area contributed by atoms with Gasteiger partial charge in [-0.15, -0.1) is 0 Å². The molecule has 7 unspecified atom stereocenters. The third kappa shape index (κ3) is 3.51. The molecule has 0 N–H and O–H groups in total. The van der Waals surface area contributed by atoms with E-state index >= 15 is 0 Å². The zero-order valence-electron chi connectivity index (χ0n) is 17.3. The maximum Gasteiger partial charge on any atom is 0.306 e. The Morgan fingerprint density at radius 1 is 1.19 bits per heavy atom. The van der Waals surface area contributed by atoms with Crippen molar-refractivity contribution in [2.75, 3.05) is 0 Å². The van der Waals surface area contributed by atoms with E-state index in [1.807, 2.05) is 6.08 Å². The summed E-state index contributed by atoms with van der Waals surface area (Å²) < 4.78 is 5.74. The van der Waals surface area contributed by atoms with Gasteiger partial charge in [-0.2, -0.15) is 0 Å². The third-order valence-corrected chi connectivity index (χ3v) is 8.56. The van der Waals surface area contributed by atoms with E-state index in [0.29, 0.717) is 35.4 Å². The Hall–Kier alpha value is -1.12. The number of carbonyl (C=O) groups excluding carboxylic acids is 2. The molecule has 27 heavy (non-hydrogen) atoms. The lowest BCUT2D eigenvalue weighted by atomic mass is 9.47. The number of cyclic esters (lactones) is 1. The van der Waals surface area contributed by atoms with E-state index < -0.39 is 0 Å². The van der Waals surface area contributed by atoms with Crippen molar-refractivity contribution in [2.24, 2.45) is 35.0 Å². The van der Waals surface area contributed by atoms with Crippen molar-refractivity contribution >= 4 is 11.8 Å². The molecule has 4 aliphatic rings. The first-order valence-electron chi connectivity index (χ1n) is 11.3. The highest BCUT2D eigenvalue weighted by molar-refractivity contribution is 5.91. The van der Waals surface area contributed by atoms with E-state index in [-0.39, 0.29) is 12.1 Å². The zero-order chi connectivity index (χ0) is 19.2. The number of fused-ring (bicyclic) bond motifs is 5. The van der Waals surface area contributed by atoms with Crippen LogP contribution in [0.5, 0.6) is 0 Å². The van der Waals surface area contributed by atoms with Gasteiger partial charge in [0.25, 0.3) is 0 Å². The number of hydrogen-bond acceptors (Lipinski definition) is 3. The second kappa shape index (κ2) is 7.37. The number of rotatable bonds is 1. The fourth-order valence-electron chi connectivity index (χ4n) is 7.29. The Morgan fingerprint density at radius 3 is 2.78 bits per heavy atom. The molecule has 0 aromatic heterocycles. The van der Waals surface area contributed by atoms with E-state index in [1.54, 1.807) is 0 Å². The van der Waals surface area contributed by atoms with Gasteiger partial charge in [0.05, 0.1) is 6.10 Å². The summed E-state index contributed by atoms with van der Waals surface area (Å²) in [5.74, 6) is 3.74. The number of allylic oxidation sites excluding steroid dienone is 2. The minimum atomic E-state index is -0.00649. The van der Waals surface area contributed by atoms with Crippen LogP contribution < -0.4 is 0 Å². The van der Waals surface area contributed by atoms with Crippen LogP contribution in [0, 0.1) is 35.0 Å². The molecule has 0 amide bonds. The molecule has 0 radical (unpaired) electrons. The Labute approximate surface area is 164 Å². The lowest BCUT2D eigenvalue weighted by molar-refractivity contribution is -0.150. The summed E-state index contributed by atoms with van der Waals surface area (Å²) in [5, 5.41) is 0. The van der Waals surface area contributed by atoms with Gasteiger partial charge in [0.15, 0.2) is 5.78 Å². The minimum absolute atomic E-state index is 0.00649. The standard InChI is InChI=1S/C24H36O3/c1-4-16-13-17-14-18(25)7-8-19(17)20-9-11-24(3)10-5-6-22(26)27-15(2)12-21(24)23(16)20/h14-16,19-21,23H,4-13H2,1-3H3. The summed E-state index contributed by atoms with van der Waals surface area (Å²) in [6, 6.07) is 0. The van der Waals surface area contributed by atoms with Gasteiger partial charge < -0.3 is 4.74 Å². The summed E-state index contributed by atoms with van der Waals surface area (Å²) in [7, 11) is 0. The van der Waals surface area contributed by atoms with Crippen LogP contribution in [0.15, 0.2) is 11.6 Å². The van der Waals surface area contributed by atoms with Gasteiger partial charge >= 0.3 is 5.97 Å². The fourth-order valence-corrected chi connectivity index (χ4v) is 7.29. The van der Waals surface area contributed by atoms with Gasteiger partial charge in [-0.25, -0.2) is 0 Å². The average Bonchev–Trinajstić information content (AvgIpc) is 2.67. The Balaban J connectivity index is 1.68. The predicted molar refractivity (Wildman–Crippen MR) is 106 cm³/mol. The van der Waals surface area contributed by atoms with Crippen LogP contribution in [0.4, 0.5) is 0 Å². The molecule has 3 fully saturated rings. The number of ether oxygens (including phenoxy) is 1. The predicted octanol–water partition coefficient (Wildman–Crippen LogP) is 5.48. The molecular formula is C24H36O3. The number of carbonyl (C=O) groups is 2. The zero-order valence-corrected chi connectivity index (χ0v) is 17.3. The molecule has 0 aromatic carbocycles. The molecule has 4 rings (SSSR count). The van der Waals surface area contributed by atoms with Crippen molar-refractivity contribution in [1.29, 1.82) is 0 Å². The van der Waals surface area contributed by atoms with Gasteiger partial charge in [0.2, 0.25) is 0 Å². The van der Waals surface area contributed by atoms with Crippen LogP contribution in [0.25, 0.3) is 0 Å². The molecule has 2 saturated carbocycles. The minimum Gasteiger partial charge on any atom is -0.463 e. The summed E-state index contributed by atoms with van der Waals surface area (Å²) in [4.78, 5) is 24.1. The maximum absolute atomic E-state index is 12.1. The Morgan fingerprint density at radius 2 is 2.00 bits per heavy atom.